The maximum absolute atomic E-state index is 14.9. The number of carbonyl (C=O) groups is 4. The normalized spacial score (nSPS) is 20.4. The molecule has 3 amide bonds. The topological polar surface area (TPSA) is 278 Å². The van der Waals surface area contributed by atoms with Gasteiger partial charge in [-0.15, -0.1) is 4.68 Å². The van der Waals surface area contributed by atoms with Crippen LogP contribution in [0.5, 0.6) is 5.75 Å². The van der Waals surface area contributed by atoms with E-state index >= 15 is 0 Å². The van der Waals surface area contributed by atoms with Gasteiger partial charge in [-0.2, -0.15) is 5.10 Å². The molecule has 27 heteroatoms. The average Bonchev–Trinajstić information content (AvgIpc) is 0.879. The molecule has 95 heavy (non-hydrogen) atoms. The lowest BCUT2D eigenvalue weighted by Gasteiger charge is -2.57. The molecule has 0 bridgehead atoms. The highest BCUT2D eigenvalue weighted by molar-refractivity contribution is 7.92. The number of pyridine rings is 1. The van der Waals surface area contributed by atoms with Crippen molar-refractivity contribution in [1.82, 2.24) is 59.2 Å². The zero-order valence-electron chi connectivity index (χ0n) is 57.4. The van der Waals surface area contributed by atoms with Gasteiger partial charge in [0.2, 0.25) is 11.9 Å². The first-order valence-corrected chi connectivity index (χ1v) is 34.0. The van der Waals surface area contributed by atoms with Crippen LogP contribution in [0.4, 0.5) is 37.3 Å². The zero-order valence-corrected chi connectivity index (χ0v) is 58.2. The predicted octanol–water partition coefficient (Wildman–Crippen LogP) is 8.48. The van der Waals surface area contributed by atoms with Crippen molar-refractivity contribution in [3.63, 3.8) is 0 Å². The lowest BCUT2D eigenvalue weighted by atomic mass is 9.71. The Kier molecular flexibility index (Phi) is 19.5. The number of ether oxygens (including phenoxy) is 2. The number of fused-ring (bicyclic) bond motifs is 2. The monoisotopic (exact) mass is 1330 g/mol. The summed E-state index contributed by atoms with van der Waals surface area (Å²) in [7, 11) is -3.97. The number of aliphatic hydroxyl groups is 1. The lowest BCUT2D eigenvalue weighted by Crippen LogP contribution is -2.72. The number of anilines is 4. The number of hydrogen-bond acceptors (Lipinski definition) is 20. The van der Waals surface area contributed by atoms with Gasteiger partial charge < -0.3 is 39.7 Å². The van der Waals surface area contributed by atoms with Crippen molar-refractivity contribution in [1.29, 1.82) is 0 Å². The number of aromatic nitrogens is 7. The highest BCUT2D eigenvalue weighted by atomic mass is 32.2. The maximum Gasteiger partial charge on any atom is 0.437 e. The molecule has 0 radical (unpaired) electrons. The van der Waals surface area contributed by atoms with Gasteiger partial charge in [0.25, 0.3) is 5.91 Å². The van der Waals surface area contributed by atoms with Crippen LogP contribution < -0.4 is 19.9 Å². The quantitative estimate of drug-likeness (QED) is 0.0766. The maximum atomic E-state index is 14.9. The van der Waals surface area contributed by atoms with Gasteiger partial charge in [-0.1, -0.05) is 46.8 Å². The number of halogens is 1. The Hall–Kier alpha value is -7.98. The fourth-order valence-electron chi connectivity index (χ4n) is 12.9. The third kappa shape index (κ3) is 14.6. The Morgan fingerprint density at radius 2 is 1.51 bits per heavy atom. The van der Waals surface area contributed by atoms with Crippen molar-refractivity contribution in [3.8, 4) is 5.75 Å². The molecule has 512 valence electrons. The van der Waals surface area contributed by atoms with Crippen LogP contribution in [0.1, 0.15) is 141 Å². The molecule has 3 fully saturated rings. The first-order chi connectivity index (χ1) is 44.4. The molecule has 0 saturated carbocycles. The van der Waals surface area contributed by atoms with Gasteiger partial charge in [0.1, 0.15) is 46.1 Å². The number of nitrogens with one attached hydrogen (secondary N) is 1. The molecule has 2 unspecified atom stereocenters. The molecule has 0 aliphatic carbocycles. The number of aryl methyl sites for hydroxylation is 1. The molecule has 6 aromatic rings. The minimum absolute atomic E-state index is 0.0167. The van der Waals surface area contributed by atoms with Crippen molar-refractivity contribution < 1.29 is 51.7 Å². The van der Waals surface area contributed by atoms with E-state index in [-0.39, 0.29) is 60.1 Å². The summed E-state index contributed by atoms with van der Waals surface area (Å²) in [5.41, 5.74) is 1.72. The molecule has 2 aromatic carbocycles. The highest BCUT2D eigenvalue weighted by Gasteiger charge is 2.53. The average molecular weight is 1330 g/mol. The summed E-state index contributed by atoms with van der Waals surface area (Å²) in [6.07, 6.45) is 3.87. The summed E-state index contributed by atoms with van der Waals surface area (Å²) >= 11 is 0. The first-order valence-electron chi connectivity index (χ1n) is 32.5. The summed E-state index contributed by atoms with van der Waals surface area (Å²) in [6.45, 7) is 34.1. The number of piperazine rings is 3. The lowest BCUT2D eigenvalue weighted by molar-refractivity contribution is -0.125. The Morgan fingerprint density at radius 3 is 2.14 bits per heavy atom. The standard InChI is InChI=1S/C68H92FN15O10S/c1-42-35-80(27-26-79(42)36-49-37-83(62(88)89)68(15,64(4,5)6)40-81(49)38-55(85)82-39-67(13,14)57-52(82)29-46(32-70-57)56(86)45-17-19-48(69)20-18-45)61-71-33-47(34-72-61)60(87)78-24-22-77(23-25-78)21-16-28-93-53-31-51-50(30-54(53)95(91,92)66(10,11)12)58(74-41-73-51)75-59-43(2)44(3)76-84(59)63(90)94-65(7,8)9/h17-20,29-34,41-42,49,56,86H,16,21-28,35-40H2,1-15H3,(H,88,89)(H,73,74,75)/t42?,49-,56?,68-/m0/s1. The van der Waals surface area contributed by atoms with Gasteiger partial charge in [-0.05, 0) is 111 Å². The van der Waals surface area contributed by atoms with Crippen molar-refractivity contribution in [2.45, 2.75) is 155 Å². The van der Waals surface area contributed by atoms with Gasteiger partial charge in [0, 0.05) is 137 Å². The number of carboxylic acid groups (broad SMARTS) is 1. The van der Waals surface area contributed by atoms with Crippen LogP contribution in [0.3, 0.4) is 0 Å². The van der Waals surface area contributed by atoms with E-state index in [0.29, 0.717) is 135 Å². The Labute approximate surface area is 555 Å². The Bertz CT molecular complexity index is 3970. The van der Waals surface area contributed by atoms with Crippen LogP contribution in [-0.4, -0.2) is 221 Å². The van der Waals surface area contributed by atoms with E-state index in [4.69, 9.17) is 24.4 Å². The van der Waals surface area contributed by atoms with E-state index in [2.05, 4.69) is 46.9 Å². The number of benzene rings is 2. The fraction of sp³-hybridized carbons (Fsp3) is 0.559. The molecule has 3 saturated heterocycles. The van der Waals surface area contributed by atoms with Crippen molar-refractivity contribution in [2.75, 3.05) is 107 Å². The Balaban J connectivity index is 0.741. The molecular formula is C68H92FN15O10S. The van der Waals surface area contributed by atoms with E-state index in [1.165, 1.54) is 36.7 Å². The molecule has 4 aliphatic rings. The highest BCUT2D eigenvalue weighted by Crippen LogP contribution is 2.44. The van der Waals surface area contributed by atoms with Crippen LogP contribution in [0, 0.1) is 25.1 Å². The summed E-state index contributed by atoms with van der Waals surface area (Å²) in [5, 5.41) is 30.2. The SMILES string of the molecule is Cc1nn(C(=O)OC(C)(C)C)c(Nc2ncnc3cc(OCCCN4CCN(C(=O)c5cnc(N6CCN(C[C@H]7CN(C(=O)O)[C@](C)(C(C)(C)C)CN7CC(=O)N7CC(C)(C)c8ncc(C(O)c9ccc(F)cc9)cc87)C(C)C6)nc5)CC4)c(S(=O)(=O)C(C)(C)C)cc23)c1C. The molecule has 4 aliphatic heterocycles. The van der Waals surface area contributed by atoms with Gasteiger partial charge in [-0.25, -0.2) is 42.3 Å². The van der Waals surface area contributed by atoms with E-state index in [1.807, 2.05) is 48.5 Å². The largest absolute Gasteiger partial charge is 0.492 e. The Morgan fingerprint density at radius 1 is 0.821 bits per heavy atom. The number of carbonyl (C=O) groups excluding carboxylic acids is 3. The van der Waals surface area contributed by atoms with Crippen LogP contribution in [0.2, 0.25) is 0 Å². The molecule has 0 spiro atoms. The molecule has 4 aromatic heterocycles. The van der Waals surface area contributed by atoms with Crippen LogP contribution in [-0.2, 0) is 24.8 Å². The molecule has 10 rings (SSSR count). The van der Waals surface area contributed by atoms with E-state index in [0.717, 1.165) is 10.4 Å². The molecule has 4 atom stereocenters. The summed E-state index contributed by atoms with van der Waals surface area (Å²) in [4.78, 5) is 92.2. The van der Waals surface area contributed by atoms with Gasteiger partial charge in [0.15, 0.2) is 9.84 Å². The van der Waals surface area contributed by atoms with Crippen LogP contribution in [0.25, 0.3) is 10.9 Å². The van der Waals surface area contributed by atoms with Gasteiger partial charge >= 0.3 is 12.2 Å². The number of rotatable bonds is 16. The van der Waals surface area contributed by atoms with Crippen LogP contribution >= 0.6 is 0 Å². The van der Waals surface area contributed by atoms with Crippen molar-refractivity contribution in [3.05, 3.63) is 107 Å². The van der Waals surface area contributed by atoms with Gasteiger partial charge in [-0.3, -0.25) is 34.2 Å². The second kappa shape index (κ2) is 26.6. The minimum atomic E-state index is -3.97. The predicted molar refractivity (Wildman–Crippen MR) is 359 cm³/mol. The van der Waals surface area contributed by atoms with Crippen molar-refractivity contribution >= 4 is 68.0 Å². The van der Waals surface area contributed by atoms with Gasteiger partial charge in [0.05, 0.1) is 51.6 Å². The number of nitrogens with zero attached hydrogens (tertiary/aromatic N) is 14. The van der Waals surface area contributed by atoms with E-state index in [1.54, 1.807) is 93.9 Å². The molecular weight excluding hydrogens is 1240 g/mol. The summed E-state index contributed by atoms with van der Waals surface area (Å²) < 4.78 is 54.2. The second-order valence-corrected chi connectivity index (χ2v) is 32.2. The van der Waals surface area contributed by atoms with E-state index in [9.17, 15) is 42.2 Å². The van der Waals surface area contributed by atoms with E-state index < -0.39 is 60.7 Å². The van der Waals surface area contributed by atoms with Crippen molar-refractivity contribution in [2.24, 2.45) is 5.41 Å². The molecule has 3 N–H and O–H groups in total. The minimum Gasteiger partial charge on any atom is -0.492 e. The second-order valence-electron chi connectivity index (χ2n) is 29.6. The number of hydrogen-bond donors (Lipinski definition) is 3. The molecule has 8 heterocycles. The van der Waals surface area contributed by atoms with Crippen LogP contribution in [0.15, 0.2) is 72.3 Å². The third-order valence-corrected chi connectivity index (χ3v) is 21.8. The smallest absolute Gasteiger partial charge is 0.437 e. The first kappa shape index (κ1) is 69.8. The number of sulfone groups is 1. The summed E-state index contributed by atoms with van der Waals surface area (Å²) in [5.74, 6) is 0.474. The third-order valence-electron chi connectivity index (χ3n) is 19.3. The zero-order chi connectivity index (χ0) is 69.1. The number of aliphatic hydroxyl groups excluding tert-OH is 1. The molecule has 25 nitrogen and oxygen atoms in total. The number of amides is 3. The summed E-state index contributed by atoms with van der Waals surface area (Å²) in [6, 6.07) is 10.2. The fourth-order valence-corrected chi connectivity index (χ4v) is 14.2.